The molecular formula is C14H24N4O3. The number of nitrogens with one attached hydrogen (secondary N) is 1. The average Bonchev–Trinajstić information content (AvgIpc) is 2.51. The third-order valence-corrected chi connectivity index (χ3v) is 2.87. The van der Waals surface area contributed by atoms with Gasteiger partial charge < -0.3 is 19.7 Å². The largest absolute Gasteiger partial charge is 0.385 e. The van der Waals surface area contributed by atoms with Crippen molar-refractivity contribution in [3.8, 4) is 0 Å². The highest BCUT2D eigenvalue weighted by Crippen LogP contribution is 2.06. The molecule has 0 fully saturated rings. The van der Waals surface area contributed by atoms with E-state index in [1.165, 1.54) is 0 Å². The Morgan fingerprint density at radius 1 is 1.19 bits per heavy atom. The van der Waals surface area contributed by atoms with Gasteiger partial charge in [0.25, 0.3) is 5.91 Å². The molecule has 7 heteroatoms. The lowest BCUT2D eigenvalue weighted by molar-refractivity contribution is 0.0667. The SMILES string of the molecule is CCNc1ccc(C(=O)N(CCCOC)CCOC)nn1. The van der Waals surface area contributed by atoms with Crippen molar-refractivity contribution >= 4 is 11.7 Å². The number of anilines is 1. The molecule has 1 rings (SSSR count). The Kier molecular flexibility index (Phi) is 8.30. The summed E-state index contributed by atoms with van der Waals surface area (Å²) in [7, 11) is 3.26. The van der Waals surface area contributed by atoms with Gasteiger partial charge in [0.15, 0.2) is 5.69 Å². The van der Waals surface area contributed by atoms with Crippen molar-refractivity contribution in [3.63, 3.8) is 0 Å². The van der Waals surface area contributed by atoms with Crippen molar-refractivity contribution < 1.29 is 14.3 Å². The van der Waals surface area contributed by atoms with Crippen molar-refractivity contribution in [2.24, 2.45) is 0 Å². The summed E-state index contributed by atoms with van der Waals surface area (Å²) in [6, 6.07) is 3.44. The van der Waals surface area contributed by atoms with Crippen LogP contribution < -0.4 is 5.32 Å². The second kappa shape index (κ2) is 10.1. The van der Waals surface area contributed by atoms with Gasteiger partial charge in [-0.1, -0.05) is 0 Å². The van der Waals surface area contributed by atoms with Crippen molar-refractivity contribution in [1.82, 2.24) is 15.1 Å². The number of carbonyl (C=O) groups is 1. The smallest absolute Gasteiger partial charge is 0.274 e. The first kappa shape index (κ1) is 17.3. The predicted molar refractivity (Wildman–Crippen MR) is 80.5 cm³/mol. The van der Waals surface area contributed by atoms with E-state index in [4.69, 9.17) is 9.47 Å². The third-order valence-electron chi connectivity index (χ3n) is 2.87. The van der Waals surface area contributed by atoms with E-state index < -0.39 is 0 Å². The van der Waals surface area contributed by atoms with Crippen LogP contribution in [0.4, 0.5) is 5.82 Å². The van der Waals surface area contributed by atoms with Crippen LogP contribution in [0.25, 0.3) is 0 Å². The number of hydrogen-bond acceptors (Lipinski definition) is 6. The van der Waals surface area contributed by atoms with Crippen molar-refractivity contribution in [1.29, 1.82) is 0 Å². The number of nitrogens with zero attached hydrogens (tertiary/aromatic N) is 3. The van der Waals surface area contributed by atoms with Crippen LogP contribution in [0.15, 0.2) is 12.1 Å². The summed E-state index contributed by atoms with van der Waals surface area (Å²) in [6.07, 6.45) is 0.773. The van der Waals surface area contributed by atoms with Crippen LogP contribution >= 0.6 is 0 Å². The Morgan fingerprint density at radius 3 is 2.52 bits per heavy atom. The van der Waals surface area contributed by atoms with E-state index >= 15 is 0 Å². The van der Waals surface area contributed by atoms with E-state index in [9.17, 15) is 4.79 Å². The molecule has 21 heavy (non-hydrogen) atoms. The van der Waals surface area contributed by atoms with Gasteiger partial charge >= 0.3 is 0 Å². The first-order chi connectivity index (χ1) is 10.2. The fourth-order valence-electron chi connectivity index (χ4n) is 1.80. The summed E-state index contributed by atoms with van der Waals surface area (Å²) in [5, 5.41) is 11.0. The van der Waals surface area contributed by atoms with Gasteiger partial charge in [-0.3, -0.25) is 4.79 Å². The second-order valence-electron chi connectivity index (χ2n) is 4.47. The number of hydrogen-bond donors (Lipinski definition) is 1. The molecule has 0 spiro atoms. The molecular weight excluding hydrogens is 272 g/mol. The Morgan fingerprint density at radius 2 is 1.95 bits per heavy atom. The van der Waals surface area contributed by atoms with E-state index in [1.54, 1.807) is 31.3 Å². The van der Waals surface area contributed by atoms with E-state index in [1.807, 2.05) is 6.92 Å². The van der Waals surface area contributed by atoms with E-state index in [-0.39, 0.29) is 5.91 Å². The number of carbonyl (C=O) groups excluding carboxylic acids is 1. The Balaban J connectivity index is 2.68. The fourth-order valence-corrected chi connectivity index (χ4v) is 1.80. The van der Waals surface area contributed by atoms with Gasteiger partial charge in [0.1, 0.15) is 5.82 Å². The van der Waals surface area contributed by atoms with Gasteiger partial charge in [0.05, 0.1) is 6.61 Å². The molecule has 0 radical (unpaired) electrons. The lowest BCUT2D eigenvalue weighted by atomic mass is 10.3. The summed E-state index contributed by atoms with van der Waals surface area (Å²) >= 11 is 0. The minimum Gasteiger partial charge on any atom is -0.385 e. The molecule has 0 unspecified atom stereocenters. The lowest BCUT2D eigenvalue weighted by Gasteiger charge is -2.21. The molecule has 1 aromatic heterocycles. The zero-order chi connectivity index (χ0) is 15.5. The summed E-state index contributed by atoms with van der Waals surface area (Å²) in [4.78, 5) is 14.1. The number of methoxy groups -OCH3 is 2. The summed E-state index contributed by atoms with van der Waals surface area (Å²) in [5.41, 5.74) is 0.338. The maximum absolute atomic E-state index is 12.4. The van der Waals surface area contributed by atoms with Crippen molar-refractivity contribution in [2.45, 2.75) is 13.3 Å². The average molecular weight is 296 g/mol. The minimum absolute atomic E-state index is 0.140. The molecule has 0 aromatic carbocycles. The third kappa shape index (κ3) is 6.05. The molecule has 0 bridgehead atoms. The van der Waals surface area contributed by atoms with Crippen LogP contribution in [-0.4, -0.2) is 68.1 Å². The van der Waals surface area contributed by atoms with Gasteiger partial charge in [-0.05, 0) is 25.5 Å². The topological polar surface area (TPSA) is 76.6 Å². The van der Waals surface area contributed by atoms with Crippen LogP contribution in [-0.2, 0) is 9.47 Å². The van der Waals surface area contributed by atoms with Crippen LogP contribution in [0.5, 0.6) is 0 Å². The number of aromatic nitrogens is 2. The second-order valence-corrected chi connectivity index (χ2v) is 4.47. The molecule has 0 aliphatic rings. The number of amides is 1. The first-order valence-corrected chi connectivity index (χ1v) is 7.07. The Bertz CT molecular complexity index is 411. The molecule has 1 aromatic rings. The number of rotatable bonds is 10. The van der Waals surface area contributed by atoms with E-state index in [0.717, 1.165) is 13.0 Å². The van der Waals surface area contributed by atoms with Crippen LogP contribution in [0.3, 0.4) is 0 Å². The highest BCUT2D eigenvalue weighted by molar-refractivity contribution is 5.92. The molecule has 1 N–H and O–H groups in total. The van der Waals surface area contributed by atoms with Gasteiger partial charge in [-0.15, -0.1) is 10.2 Å². The maximum atomic E-state index is 12.4. The first-order valence-electron chi connectivity index (χ1n) is 7.07. The van der Waals surface area contributed by atoms with Crippen LogP contribution in [0, 0.1) is 0 Å². The molecule has 7 nitrogen and oxygen atoms in total. The lowest BCUT2D eigenvalue weighted by Crippen LogP contribution is -2.35. The molecule has 0 saturated heterocycles. The Labute approximate surface area is 125 Å². The van der Waals surface area contributed by atoms with Gasteiger partial charge in [-0.2, -0.15) is 0 Å². The predicted octanol–water partition coefficient (Wildman–Crippen LogP) is 1.03. The molecule has 0 saturated carbocycles. The van der Waals surface area contributed by atoms with Crippen molar-refractivity contribution in [3.05, 3.63) is 17.8 Å². The molecule has 0 aliphatic carbocycles. The van der Waals surface area contributed by atoms with Crippen LogP contribution in [0.1, 0.15) is 23.8 Å². The highest BCUT2D eigenvalue weighted by atomic mass is 16.5. The Hall–Kier alpha value is -1.73. The molecule has 0 atom stereocenters. The molecule has 1 heterocycles. The van der Waals surface area contributed by atoms with E-state index in [0.29, 0.717) is 37.8 Å². The molecule has 1 amide bonds. The van der Waals surface area contributed by atoms with E-state index in [2.05, 4.69) is 15.5 Å². The summed E-state index contributed by atoms with van der Waals surface area (Å²) in [5.74, 6) is 0.524. The normalized spacial score (nSPS) is 10.4. The maximum Gasteiger partial charge on any atom is 0.274 e. The molecule has 118 valence electrons. The van der Waals surface area contributed by atoms with Crippen molar-refractivity contribution in [2.75, 3.05) is 52.4 Å². The summed E-state index contributed by atoms with van der Waals surface area (Å²) in [6.45, 7) is 4.97. The number of ether oxygens (including phenoxy) is 2. The zero-order valence-corrected chi connectivity index (χ0v) is 13.0. The standard InChI is InChI=1S/C14H24N4O3/c1-4-15-13-7-6-12(16-17-13)14(19)18(9-11-21-3)8-5-10-20-2/h6-7H,4-5,8-11H2,1-3H3,(H,15,17). The van der Waals surface area contributed by atoms with Gasteiger partial charge in [0, 0.05) is 40.5 Å². The summed E-state index contributed by atoms with van der Waals surface area (Å²) < 4.78 is 10.1. The molecule has 0 aliphatic heterocycles. The van der Waals surface area contributed by atoms with Gasteiger partial charge in [0.2, 0.25) is 0 Å². The quantitative estimate of drug-likeness (QED) is 0.650. The fraction of sp³-hybridized carbons (Fsp3) is 0.643. The van der Waals surface area contributed by atoms with Gasteiger partial charge in [-0.25, -0.2) is 0 Å². The van der Waals surface area contributed by atoms with Crippen LogP contribution in [0.2, 0.25) is 0 Å². The minimum atomic E-state index is -0.140. The monoisotopic (exact) mass is 296 g/mol. The highest BCUT2D eigenvalue weighted by Gasteiger charge is 2.17. The zero-order valence-electron chi connectivity index (χ0n) is 13.0.